The van der Waals surface area contributed by atoms with Gasteiger partial charge in [0.25, 0.3) is 5.91 Å². The Kier molecular flexibility index (Phi) is 9.61. The summed E-state index contributed by atoms with van der Waals surface area (Å²) in [5.74, 6) is -3.28. The van der Waals surface area contributed by atoms with E-state index in [1.807, 2.05) is 39.0 Å². The molecule has 1 fully saturated rings. The second-order valence-electron chi connectivity index (χ2n) is 10.7. The lowest BCUT2D eigenvalue weighted by Gasteiger charge is -2.35. The molecular formula is C28H36N4O7. The number of hydrogen-bond donors (Lipinski definition) is 3. The summed E-state index contributed by atoms with van der Waals surface area (Å²) in [6.07, 6.45) is 0.160. The average molecular weight is 541 g/mol. The summed E-state index contributed by atoms with van der Waals surface area (Å²) in [5, 5.41) is 15.5. The number of carbonyl (C=O) groups is 5. The van der Waals surface area contributed by atoms with Gasteiger partial charge in [0.2, 0.25) is 11.8 Å². The average Bonchev–Trinajstić information content (AvgIpc) is 3.36. The first kappa shape index (κ1) is 29.5. The van der Waals surface area contributed by atoms with Crippen LogP contribution in [0.4, 0.5) is 0 Å². The van der Waals surface area contributed by atoms with Crippen molar-refractivity contribution in [3.05, 3.63) is 42.1 Å². The topological polar surface area (TPSA) is 155 Å². The number of esters is 1. The molecule has 1 unspecified atom stereocenters. The standard InChI is InChI=1S/C28H36N4O7/c1-5-39-23(35)16-18(15-22(33)34)29-26(37)21-11-8-14-32(21)27(38)24(28(2,3)4)31-25(36)20-13-12-17-9-6-7-10-19(17)30-20/h6-7,9-10,12-13,18,21,24H,5,8,11,14-16H2,1-4H3,(H,29,37)(H,31,36)(H,33,34)/t18-,21+,24?/m0/s1. The fraction of sp³-hybridized carbons (Fsp3) is 0.500. The molecule has 1 saturated heterocycles. The van der Waals surface area contributed by atoms with Crippen LogP contribution in [0, 0.1) is 5.41 Å². The molecule has 11 nitrogen and oxygen atoms in total. The van der Waals surface area contributed by atoms with Crippen molar-refractivity contribution >= 4 is 40.6 Å². The molecule has 1 aliphatic rings. The molecule has 3 atom stereocenters. The third-order valence-electron chi connectivity index (χ3n) is 6.54. The van der Waals surface area contributed by atoms with Crippen molar-refractivity contribution in [2.75, 3.05) is 13.2 Å². The molecule has 3 N–H and O–H groups in total. The maximum Gasteiger partial charge on any atom is 0.307 e. The number of likely N-dealkylation sites (tertiary alicyclic amines) is 1. The Balaban J connectivity index is 1.76. The maximum absolute atomic E-state index is 13.8. The number of nitrogens with zero attached hydrogens (tertiary/aromatic N) is 2. The van der Waals surface area contributed by atoms with E-state index in [4.69, 9.17) is 4.74 Å². The molecule has 1 aromatic carbocycles. The van der Waals surface area contributed by atoms with Crippen molar-refractivity contribution in [2.24, 2.45) is 5.41 Å². The third kappa shape index (κ3) is 7.75. The van der Waals surface area contributed by atoms with Crippen LogP contribution in [-0.2, 0) is 23.9 Å². The van der Waals surface area contributed by atoms with Gasteiger partial charge in [0.05, 0.1) is 25.0 Å². The highest BCUT2D eigenvalue weighted by Gasteiger charge is 2.42. The fourth-order valence-electron chi connectivity index (χ4n) is 4.62. The number of nitrogens with one attached hydrogen (secondary N) is 2. The smallest absolute Gasteiger partial charge is 0.307 e. The quantitative estimate of drug-likeness (QED) is 0.388. The number of carboxylic acids is 1. The van der Waals surface area contributed by atoms with Crippen LogP contribution in [0.5, 0.6) is 0 Å². The number of carbonyl (C=O) groups excluding carboxylic acids is 4. The van der Waals surface area contributed by atoms with Crippen LogP contribution in [0.3, 0.4) is 0 Å². The van der Waals surface area contributed by atoms with Gasteiger partial charge in [0.1, 0.15) is 17.8 Å². The van der Waals surface area contributed by atoms with Crippen molar-refractivity contribution in [2.45, 2.75) is 71.5 Å². The monoisotopic (exact) mass is 540 g/mol. The molecule has 3 amide bonds. The zero-order valence-electron chi connectivity index (χ0n) is 22.7. The molecule has 39 heavy (non-hydrogen) atoms. The number of rotatable bonds is 10. The van der Waals surface area contributed by atoms with E-state index in [-0.39, 0.29) is 18.7 Å². The Morgan fingerprint density at radius 1 is 1.08 bits per heavy atom. The SMILES string of the molecule is CCOC(=O)C[C@H](CC(=O)O)NC(=O)[C@H]1CCCN1C(=O)C(NC(=O)c1ccc2ccccc2n1)C(C)(C)C. The van der Waals surface area contributed by atoms with E-state index in [1.165, 1.54) is 4.90 Å². The number of aromatic nitrogens is 1. The minimum absolute atomic E-state index is 0.131. The van der Waals surface area contributed by atoms with E-state index in [1.54, 1.807) is 25.1 Å². The summed E-state index contributed by atoms with van der Waals surface area (Å²) >= 11 is 0. The minimum Gasteiger partial charge on any atom is -0.481 e. The van der Waals surface area contributed by atoms with Gasteiger partial charge in [-0.2, -0.15) is 0 Å². The lowest BCUT2D eigenvalue weighted by molar-refractivity contribution is -0.146. The molecule has 11 heteroatoms. The predicted octanol–water partition coefficient (Wildman–Crippen LogP) is 2.28. The fourth-order valence-corrected chi connectivity index (χ4v) is 4.62. The molecule has 0 bridgehead atoms. The van der Waals surface area contributed by atoms with Crippen LogP contribution in [-0.4, -0.2) is 75.9 Å². The molecule has 0 radical (unpaired) electrons. The summed E-state index contributed by atoms with van der Waals surface area (Å²) < 4.78 is 4.89. The lowest BCUT2D eigenvalue weighted by Crippen LogP contribution is -2.58. The molecule has 2 aromatic rings. The van der Waals surface area contributed by atoms with Crippen LogP contribution < -0.4 is 10.6 Å². The number of para-hydroxylation sites is 1. The summed E-state index contributed by atoms with van der Waals surface area (Å²) in [6.45, 7) is 7.51. The molecule has 0 spiro atoms. The van der Waals surface area contributed by atoms with Crippen LogP contribution in [0.15, 0.2) is 36.4 Å². The number of ether oxygens (including phenoxy) is 1. The first-order valence-electron chi connectivity index (χ1n) is 13.1. The van der Waals surface area contributed by atoms with E-state index < -0.39 is 59.6 Å². The Hall–Kier alpha value is -4.02. The third-order valence-corrected chi connectivity index (χ3v) is 6.54. The van der Waals surface area contributed by atoms with Gasteiger partial charge >= 0.3 is 11.9 Å². The molecule has 0 aliphatic carbocycles. The summed E-state index contributed by atoms with van der Waals surface area (Å²) in [4.78, 5) is 69.2. The summed E-state index contributed by atoms with van der Waals surface area (Å²) in [7, 11) is 0. The van der Waals surface area contributed by atoms with E-state index in [9.17, 15) is 29.1 Å². The Labute approximate surface area is 227 Å². The first-order chi connectivity index (χ1) is 18.4. The Bertz CT molecular complexity index is 1240. The normalized spacial score (nSPS) is 16.8. The highest BCUT2D eigenvalue weighted by Crippen LogP contribution is 2.26. The first-order valence-corrected chi connectivity index (χ1v) is 13.1. The van der Waals surface area contributed by atoms with E-state index in [2.05, 4.69) is 15.6 Å². The zero-order chi connectivity index (χ0) is 28.7. The van der Waals surface area contributed by atoms with Gasteiger partial charge in [-0.3, -0.25) is 24.0 Å². The summed E-state index contributed by atoms with van der Waals surface area (Å²) in [5.41, 5.74) is 0.129. The van der Waals surface area contributed by atoms with Crippen molar-refractivity contribution in [3.8, 4) is 0 Å². The molecular weight excluding hydrogens is 504 g/mol. The Morgan fingerprint density at radius 2 is 1.79 bits per heavy atom. The van der Waals surface area contributed by atoms with Gasteiger partial charge < -0.3 is 25.4 Å². The van der Waals surface area contributed by atoms with Crippen LogP contribution in [0.25, 0.3) is 10.9 Å². The predicted molar refractivity (Wildman–Crippen MR) is 143 cm³/mol. The highest BCUT2D eigenvalue weighted by atomic mass is 16.5. The zero-order valence-corrected chi connectivity index (χ0v) is 22.7. The van der Waals surface area contributed by atoms with Crippen molar-refractivity contribution in [1.29, 1.82) is 0 Å². The van der Waals surface area contributed by atoms with Crippen molar-refractivity contribution in [1.82, 2.24) is 20.5 Å². The number of fused-ring (bicyclic) bond motifs is 1. The Morgan fingerprint density at radius 3 is 2.46 bits per heavy atom. The maximum atomic E-state index is 13.8. The van der Waals surface area contributed by atoms with Gasteiger partial charge in [-0.15, -0.1) is 0 Å². The number of aliphatic carboxylic acids is 1. The number of benzene rings is 1. The van der Waals surface area contributed by atoms with Crippen molar-refractivity contribution in [3.63, 3.8) is 0 Å². The second kappa shape index (κ2) is 12.7. The minimum atomic E-state index is -1.18. The lowest BCUT2D eigenvalue weighted by atomic mass is 9.85. The summed E-state index contributed by atoms with van der Waals surface area (Å²) in [6, 6.07) is 7.96. The van der Waals surface area contributed by atoms with E-state index in [0.717, 1.165) is 5.39 Å². The van der Waals surface area contributed by atoms with Crippen LogP contribution in [0.2, 0.25) is 0 Å². The molecule has 0 saturated carbocycles. The number of carboxylic acid groups (broad SMARTS) is 1. The van der Waals surface area contributed by atoms with Crippen LogP contribution >= 0.6 is 0 Å². The van der Waals surface area contributed by atoms with Gasteiger partial charge in [0.15, 0.2) is 0 Å². The molecule has 1 aliphatic heterocycles. The second-order valence-corrected chi connectivity index (χ2v) is 10.7. The molecule has 2 heterocycles. The van der Waals surface area contributed by atoms with E-state index >= 15 is 0 Å². The van der Waals surface area contributed by atoms with Gasteiger partial charge in [-0.1, -0.05) is 45.0 Å². The number of hydrogen-bond acceptors (Lipinski definition) is 7. The number of amides is 3. The molecule has 1 aromatic heterocycles. The van der Waals surface area contributed by atoms with Gasteiger partial charge in [-0.25, -0.2) is 4.98 Å². The molecule has 3 rings (SSSR count). The van der Waals surface area contributed by atoms with E-state index in [0.29, 0.717) is 24.9 Å². The highest BCUT2D eigenvalue weighted by molar-refractivity contribution is 5.99. The van der Waals surface area contributed by atoms with Crippen LogP contribution in [0.1, 0.15) is 63.9 Å². The molecule has 210 valence electrons. The number of pyridine rings is 1. The largest absolute Gasteiger partial charge is 0.481 e. The van der Waals surface area contributed by atoms with Crippen molar-refractivity contribution < 1.29 is 33.8 Å². The van der Waals surface area contributed by atoms with Gasteiger partial charge in [-0.05, 0) is 37.3 Å². The van der Waals surface area contributed by atoms with Gasteiger partial charge in [0, 0.05) is 18.0 Å².